The van der Waals surface area contributed by atoms with E-state index in [9.17, 15) is 4.79 Å². The predicted molar refractivity (Wildman–Crippen MR) is 86.8 cm³/mol. The molecule has 1 unspecified atom stereocenters. The fourth-order valence-corrected chi connectivity index (χ4v) is 3.43. The lowest BCUT2D eigenvalue weighted by Crippen LogP contribution is -2.31. The molecule has 22 heavy (non-hydrogen) atoms. The highest BCUT2D eigenvalue weighted by molar-refractivity contribution is 7.13. The number of anilines is 1. The first-order chi connectivity index (χ1) is 10.7. The van der Waals surface area contributed by atoms with Gasteiger partial charge in [-0.1, -0.05) is 6.92 Å². The molecule has 6 nitrogen and oxygen atoms in total. The van der Waals surface area contributed by atoms with Gasteiger partial charge in [0, 0.05) is 30.9 Å². The highest BCUT2D eigenvalue weighted by Crippen LogP contribution is 2.24. The van der Waals surface area contributed by atoms with E-state index in [1.165, 1.54) is 12.8 Å². The number of aromatic nitrogens is 3. The van der Waals surface area contributed by atoms with Gasteiger partial charge >= 0.3 is 0 Å². The fraction of sp³-hybridized carbons (Fsp3) is 0.533. The summed E-state index contributed by atoms with van der Waals surface area (Å²) >= 11 is 1.66. The van der Waals surface area contributed by atoms with Gasteiger partial charge in [-0.25, -0.2) is 4.98 Å². The molecular weight excluding hydrogens is 298 g/mol. The number of carbonyl (C=O) groups is 1. The Hall–Kier alpha value is -1.89. The van der Waals surface area contributed by atoms with E-state index in [0.29, 0.717) is 13.1 Å². The third-order valence-electron chi connectivity index (χ3n) is 3.83. The van der Waals surface area contributed by atoms with Crippen LogP contribution in [0.25, 0.3) is 0 Å². The summed E-state index contributed by atoms with van der Waals surface area (Å²) in [7, 11) is 0. The first kappa shape index (κ1) is 15.0. The first-order valence-corrected chi connectivity index (χ1v) is 8.55. The number of nitrogens with one attached hydrogen (secondary N) is 1. The predicted octanol–water partition coefficient (Wildman–Crippen LogP) is 1.89. The zero-order valence-corrected chi connectivity index (χ0v) is 13.6. The average Bonchev–Trinajstić information content (AvgIpc) is 3.25. The van der Waals surface area contributed by atoms with E-state index in [4.69, 9.17) is 0 Å². The van der Waals surface area contributed by atoms with E-state index in [1.54, 1.807) is 22.2 Å². The Balaban J connectivity index is 1.48. The second-order valence-electron chi connectivity index (χ2n) is 5.66. The van der Waals surface area contributed by atoms with E-state index >= 15 is 0 Å². The van der Waals surface area contributed by atoms with E-state index < -0.39 is 0 Å². The Morgan fingerprint density at radius 1 is 1.45 bits per heavy atom. The summed E-state index contributed by atoms with van der Waals surface area (Å²) in [4.78, 5) is 19.0. The molecule has 1 fully saturated rings. The monoisotopic (exact) mass is 319 g/mol. The van der Waals surface area contributed by atoms with Crippen LogP contribution in [0, 0.1) is 5.92 Å². The summed E-state index contributed by atoms with van der Waals surface area (Å²) in [6.45, 7) is 5.19. The zero-order chi connectivity index (χ0) is 15.4. The van der Waals surface area contributed by atoms with Crippen molar-refractivity contribution in [2.24, 2.45) is 5.92 Å². The summed E-state index contributed by atoms with van der Waals surface area (Å²) in [5.41, 5.74) is 0.937. The minimum absolute atomic E-state index is 0.0335. The van der Waals surface area contributed by atoms with Crippen molar-refractivity contribution in [3.63, 3.8) is 0 Å². The van der Waals surface area contributed by atoms with Gasteiger partial charge in [-0.2, -0.15) is 5.10 Å². The molecule has 0 bridgehead atoms. The Morgan fingerprint density at radius 3 is 3.00 bits per heavy atom. The van der Waals surface area contributed by atoms with Gasteiger partial charge in [0.15, 0.2) is 5.13 Å². The van der Waals surface area contributed by atoms with Crippen LogP contribution < -0.4 is 10.2 Å². The number of rotatable bonds is 6. The van der Waals surface area contributed by atoms with Crippen molar-refractivity contribution in [3.05, 3.63) is 29.5 Å². The second kappa shape index (κ2) is 6.91. The molecule has 3 heterocycles. The third kappa shape index (κ3) is 3.65. The zero-order valence-electron chi connectivity index (χ0n) is 12.7. The molecule has 7 heteroatoms. The molecule has 2 aromatic heterocycles. The van der Waals surface area contributed by atoms with Crippen LogP contribution in [0.3, 0.4) is 0 Å². The van der Waals surface area contributed by atoms with Gasteiger partial charge in [-0.3, -0.25) is 9.48 Å². The molecule has 0 aliphatic carbocycles. The van der Waals surface area contributed by atoms with Crippen LogP contribution in [0.15, 0.2) is 23.8 Å². The lowest BCUT2D eigenvalue weighted by atomic mass is 10.1. The van der Waals surface area contributed by atoms with Crippen LogP contribution in [0.5, 0.6) is 0 Å². The standard InChI is InChI=1S/C15H21N5OS/c1-12(10-20-8-4-5-17-20)14(21)16-9-13-11-22-15(18-13)19-6-2-3-7-19/h4-5,8,11-12H,2-3,6-7,9-10H2,1H3,(H,16,21). The Bertz CT molecular complexity index is 603. The first-order valence-electron chi connectivity index (χ1n) is 7.67. The third-order valence-corrected chi connectivity index (χ3v) is 4.78. The fourth-order valence-electron chi connectivity index (χ4n) is 2.55. The summed E-state index contributed by atoms with van der Waals surface area (Å²) < 4.78 is 1.78. The second-order valence-corrected chi connectivity index (χ2v) is 6.50. The molecule has 1 aliphatic rings. The molecule has 1 N–H and O–H groups in total. The summed E-state index contributed by atoms with van der Waals surface area (Å²) in [5, 5.41) is 10.2. The van der Waals surface area contributed by atoms with Crippen LogP contribution >= 0.6 is 11.3 Å². The smallest absolute Gasteiger partial charge is 0.225 e. The summed E-state index contributed by atoms with van der Waals surface area (Å²) in [5.74, 6) is -0.0807. The highest BCUT2D eigenvalue weighted by atomic mass is 32.1. The molecule has 1 saturated heterocycles. The molecule has 0 saturated carbocycles. The maximum atomic E-state index is 12.1. The largest absolute Gasteiger partial charge is 0.350 e. The topological polar surface area (TPSA) is 63.1 Å². The van der Waals surface area contributed by atoms with E-state index in [-0.39, 0.29) is 11.8 Å². The average molecular weight is 319 g/mol. The van der Waals surface area contributed by atoms with Crippen LogP contribution in [0.1, 0.15) is 25.5 Å². The number of amides is 1. The Morgan fingerprint density at radius 2 is 2.27 bits per heavy atom. The molecular formula is C15H21N5OS. The number of hydrogen-bond donors (Lipinski definition) is 1. The Labute approximate surface area is 134 Å². The maximum absolute atomic E-state index is 12.1. The van der Waals surface area contributed by atoms with Gasteiger partial charge in [0.25, 0.3) is 0 Å². The van der Waals surface area contributed by atoms with Crippen LogP contribution in [0.4, 0.5) is 5.13 Å². The summed E-state index contributed by atoms with van der Waals surface area (Å²) in [6.07, 6.45) is 6.08. The minimum atomic E-state index is -0.114. The van der Waals surface area contributed by atoms with E-state index in [0.717, 1.165) is 23.9 Å². The summed E-state index contributed by atoms with van der Waals surface area (Å²) in [6, 6.07) is 1.86. The molecule has 118 valence electrons. The van der Waals surface area contributed by atoms with Crippen LogP contribution in [-0.4, -0.2) is 33.8 Å². The molecule has 3 rings (SSSR count). The lowest BCUT2D eigenvalue weighted by molar-refractivity contribution is -0.125. The lowest BCUT2D eigenvalue weighted by Gasteiger charge is -2.13. The van der Waals surface area contributed by atoms with Gasteiger partial charge < -0.3 is 10.2 Å². The van der Waals surface area contributed by atoms with Gasteiger partial charge in [-0.05, 0) is 18.9 Å². The van der Waals surface area contributed by atoms with Crippen molar-refractivity contribution >= 4 is 22.4 Å². The number of nitrogens with zero attached hydrogens (tertiary/aromatic N) is 4. The molecule has 0 aromatic carbocycles. The van der Waals surface area contributed by atoms with Crippen molar-refractivity contribution in [3.8, 4) is 0 Å². The van der Waals surface area contributed by atoms with E-state index in [2.05, 4.69) is 20.3 Å². The van der Waals surface area contributed by atoms with Crippen molar-refractivity contribution in [1.82, 2.24) is 20.1 Å². The van der Waals surface area contributed by atoms with Gasteiger partial charge in [0.1, 0.15) is 0 Å². The van der Waals surface area contributed by atoms with E-state index in [1.807, 2.05) is 24.6 Å². The van der Waals surface area contributed by atoms with Gasteiger partial charge in [0.05, 0.1) is 24.7 Å². The minimum Gasteiger partial charge on any atom is -0.350 e. The number of thiazole rings is 1. The van der Waals surface area contributed by atoms with Crippen molar-refractivity contribution < 1.29 is 4.79 Å². The molecule has 0 radical (unpaired) electrons. The maximum Gasteiger partial charge on any atom is 0.225 e. The molecule has 1 atom stereocenters. The van der Waals surface area contributed by atoms with Gasteiger partial charge in [0.2, 0.25) is 5.91 Å². The molecule has 2 aromatic rings. The van der Waals surface area contributed by atoms with Crippen LogP contribution in [0.2, 0.25) is 0 Å². The normalized spacial score (nSPS) is 16.0. The van der Waals surface area contributed by atoms with Gasteiger partial charge in [-0.15, -0.1) is 11.3 Å². The molecule has 0 spiro atoms. The quantitative estimate of drug-likeness (QED) is 0.883. The van der Waals surface area contributed by atoms with Crippen molar-refractivity contribution in [1.29, 1.82) is 0 Å². The number of carbonyl (C=O) groups excluding carboxylic acids is 1. The molecule has 1 aliphatic heterocycles. The van der Waals surface area contributed by atoms with Crippen molar-refractivity contribution in [2.75, 3.05) is 18.0 Å². The highest BCUT2D eigenvalue weighted by Gasteiger charge is 2.17. The molecule has 1 amide bonds. The Kier molecular flexibility index (Phi) is 4.72. The number of hydrogen-bond acceptors (Lipinski definition) is 5. The van der Waals surface area contributed by atoms with Crippen LogP contribution in [-0.2, 0) is 17.9 Å². The van der Waals surface area contributed by atoms with Crippen molar-refractivity contribution in [2.45, 2.75) is 32.9 Å². The SMILES string of the molecule is CC(Cn1cccn1)C(=O)NCc1csc(N2CCCC2)n1.